The summed E-state index contributed by atoms with van der Waals surface area (Å²) in [6.07, 6.45) is 1.15. The molecule has 0 saturated carbocycles. The third-order valence-corrected chi connectivity index (χ3v) is 2.28. The zero-order valence-corrected chi connectivity index (χ0v) is 9.18. The van der Waals surface area contributed by atoms with E-state index in [0.29, 0.717) is 11.4 Å². The van der Waals surface area contributed by atoms with Crippen molar-refractivity contribution in [3.63, 3.8) is 0 Å². The number of para-hydroxylation sites is 2. The molecule has 0 spiro atoms. The van der Waals surface area contributed by atoms with E-state index in [0.717, 1.165) is 6.33 Å². The maximum absolute atomic E-state index is 11.8. The number of rotatable bonds is 3. The summed E-state index contributed by atoms with van der Waals surface area (Å²) in [6, 6.07) is 6.66. The summed E-state index contributed by atoms with van der Waals surface area (Å²) >= 11 is 0. The van der Waals surface area contributed by atoms with Gasteiger partial charge >= 0.3 is 5.97 Å². The van der Waals surface area contributed by atoms with Gasteiger partial charge in [-0.2, -0.15) is 0 Å². The number of benzene rings is 1. The number of carboxylic acid groups (broad SMARTS) is 1. The minimum absolute atomic E-state index is 0.189. The molecule has 5 N–H and O–H groups in total. The molecule has 7 heteroatoms. The fourth-order valence-electron chi connectivity index (χ4n) is 1.42. The Labute approximate surface area is 102 Å². The van der Waals surface area contributed by atoms with Crippen LogP contribution in [-0.2, 0) is 0 Å². The number of nitrogens with zero attached hydrogens (tertiary/aromatic N) is 1. The van der Waals surface area contributed by atoms with Crippen LogP contribution < -0.4 is 11.1 Å². The predicted molar refractivity (Wildman–Crippen MR) is 64.4 cm³/mol. The summed E-state index contributed by atoms with van der Waals surface area (Å²) < 4.78 is 0. The summed E-state index contributed by atoms with van der Waals surface area (Å²) in [7, 11) is 0. The number of nitrogens with two attached hydrogens (primary N) is 1. The van der Waals surface area contributed by atoms with Gasteiger partial charge in [0.1, 0.15) is 0 Å². The van der Waals surface area contributed by atoms with Gasteiger partial charge in [0.05, 0.1) is 17.7 Å². The van der Waals surface area contributed by atoms with Crippen LogP contribution in [0.25, 0.3) is 0 Å². The molecule has 0 atom stereocenters. The van der Waals surface area contributed by atoms with Crippen LogP contribution >= 0.6 is 0 Å². The van der Waals surface area contributed by atoms with Crippen molar-refractivity contribution in [3.8, 4) is 0 Å². The number of anilines is 2. The Kier molecular flexibility index (Phi) is 2.96. The quantitative estimate of drug-likeness (QED) is 0.600. The van der Waals surface area contributed by atoms with Gasteiger partial charge in [0.15, 0.2) is 11.4 Å². The van der Waals surface area contributed by atoms with Crippen molar-refractivity contribution in [3.05, 3.63) is 42.0 Å². The second kappa shape index (κ2) is 4.58. The maximum Gasteiger partial charge on any atom is 0.354 e. The molecule has 0 radical (unpaired) electrons. The van der Waals surface area contributed by atoms with Gasteiger partial charge in [-0.05, 0) is 12.1 Å². The number of nitrogens with one attached hydrogen (secondary N) is 2. The zero-order valence-electron chi connectivity index (χ0n) is 9.18. The summed E-state index contributed by atoms with van der Waals surface area (Å²) in [6.45, 7) is 0. The summed E-state index contributed by atoms with van der Waals surface area (Å²) in [5, 5.41) is 11.3. The molecular weight excluding hydrogens is 236 g/mol. The van der Waals surface area contributed by atoms with Gasteiger partial charge in [0, 0.05) is 0 Å². The molecule has 0 unspecified atom stereocenters. The topological polar surface area (TPSA) is 121 Å². The van der Waals surface area contributed by atoms with E-state index in [2.05, 4.69) is 15.3 Å². The van der Waals surface area contributed by atoms with Gasteiger partial charge < -0.3 is 21.1 Å². The molecule has 1 aromatic carbocycles. The molecule has 18 heavy (non-hydrogen) atoms. The Morgan fingerprint density at radius 1 is 1.33 bits per heavy atom. The van der Waals surface area contributed by atoms with E-state index in [1.165, 1.54) is 0 Å². The smallest absolute Gasteiger partial charge is 0.354 e. The number of carbonyl (C=O) groups is 2. The largest absolute Gasteiger partial charge is 0.477 e. The SMILES string of the molecule is Nc1ccccc1NC(=O)c1nc[nH]c1C(=O)O. The Balaban J connectivity index is 2.25. The fourth-order valence-corrected chi connectivity index (χ4v) is 1.42. The van der Waals surface area contributed by atoms with Crippen LogP contribution in [0.4, 0.5) is 11.4 Å². The molecule has 1 aromatic heterocycles. The zero-order chi connectivity index (χ0) is 13.1. The molecule has 1 amide bonds. The molecule has 1 heterocycles. The number of aromatic nitrogens is 2. The third-order valence-electron chi connectivity index (χ3n) is 2.28. The van der Waals surface area contributed by atoms with Crippen LogP contribution in [0.3, 0.4) is 0 Å². The van der Waals surface area contributed by atoms with E-state index in [4.69, 9.17) is 10.8 Å². The highest BCUT2D eigenvalue weighted by Crippen LogP contribution is 2.17. The maximum atomic E-state index is 11.8. The Morgan fingerprint density at radius 2 is 2.06 bits per heavy atom. The summed E-state index contributed by atoms with van der Waals surface area (Å²) in [5.41, 5.74) is 6.00. The number of H-pyrrole nitrogens is 1. The Morgan fingerprint density at radius 3 is 2.72 bits per heavy atom. The molecule has 0 aliphatic heterocycles. The van der Waals surface area contributed by atoms with Crippen LogP contribution in [0.1, 0.15) is 21.0 Å². The first-order valence-corrected chi connectivity index (χ1v) is 5.02. The number of nitrogen functional groups attached to an aromatic ring is 1. The van der Waals surface area contributed by atoms with Crippen molar-refractivity contribution >= 4 is 23.3 Å². The third kappa shape index (κ3) is 2.14. The Hall–Kier alpha value is -2.83. The highest BCUT2D eigenvalue weighted by Gasteiger charge is 2.20. The van der Waals surface area contributed by atoms with E-state index < -0.39 is 11.9 Å². The molecule has 2 aromatic rings. The van der Waals surface area contributed by atoms with E-state index in [-0.39, 0.29) is 11.4 Å². The number of carbonyl (C=O) groups excluding carboxylic acids is 1. The standard InChI is InChI=1S/C11H10N4O3/c12-6-3-1-2-4-7(6)15-10(16)8-9(11(17)18)14-5-13-8/h1-5H,12H2,(H,13,14)(H,15,16)(H,17,18). The Bertz CT molecular complexity index is 606. The molecule has 92 valence electrons. The minimum Gasteiger partial charge on any atom is -0.477 e. The summed E-state index contributed by atoms with van der Waals surface area (Å²) in [5.74, 6) is -1.88. The lowest BCUT2D eigenvalue weighted by molar-refractivity contribution is 0.0686. The van der Waals surface area contributed by atoms with Gasteiger partial charge in [0.2, 0.25) is 0 Å². The van der Waals surface area contributed by atoms with Gasteiger partial charge in [-0.3, -0.25) is 4.79 Å². The second-order valence-electron chi connectivity index (χ2n) is 3.47. The van der Waals surface area contributed by atoms with Crippen LogP contribution in [0.15, 0.2) is 30.6 Å². The predicted octanol–water partition coefficient (Wildman–Crippen LogP) is 0.942. The molecule has 0 fully saturated rings. The van der Waals surface area contributed by atoms with Crippen molar-refractivity contribution in [2.24, 2.45) is 0 Å². The van der Waals surface area contributed by atoms with Crippen LogP contribution in [0.5, 0.6) is 0 Å². The molecule has 0 saturated heterocycles. The number of imidazole rings is 1. The number of amides is 1. The number of hydrogen-bond donors (Lipinski definition) is 4. The average Bonchev–Trinajstić information content (AvgIpc) is 2.81. The molecule has 2 rings (SSSR count). The lowest BCUT2D eigenvalue weighted by atomic mass is 10.2. The van der Waals surface area contributed by atoms with Gasteiger partial charge in [-0.1, -0.05) is 12.1 Å². The number of carboxylic acids is 1. The van der Waals surface area contributed by atoms with E-state index in [1.54, 1.807) is 24.3 Å². The first-order valence-electron chi connectivity index (χ1n) is 5.02. The molecule has 0 aliphatic rings. The van der Waals surface area contributed by atoms with E-state index in [9.17, 15) is 9.59 Å². The molecule has 0 aliphatic carbocycles. The normalized spacial score (nSPS) is 10.0. The second-order valence-corrected chi connectivity index (χ2v) is 3.47. The lowest BCUT2D eigenvalue weighted by Gasteiger charge is -2.06. The van der Waals surface area contributed by atoms with Crippen molar-refractivity contribution in [2.75, 3.05) is 11.1 Å². The highest BCUT2D eigenvalue weighted by atomic mass is 16.4. The monoisotopic (exact) mass is 246 g/mol. The number of aromatic amines is 1. The number of aromatic carboxylic acids is 1. The van der Waals surface area contributed by atoms with Crippen LogP contribution in [0, 0.1) is 0 Å². The van der Waals surface area contributed by atoms with E-state index in [1.807, 2.05) is 0 Å². The van der Waals surface area contributed by atoms with Gasteiger partial charge in [0.25, 0.3) is 5.91 Å². The van der Waals surface area contributed by atoms with Crippen molar-refractivity contribution < 1.29 is 14.7 Å². The molecular formula is C11H10N4O3. The number of hydrogen-bond acceptors (Lipinski definition) is 4. The van der Waals surface area contributed by atoms with E-state index >= 15 is 0 Å². The van der Waals surface area contributed by atoms with Gasteiger partial charge in [-0.15, -0.1) is 0 Å². The van der Waals surface area contributed by atoms with Crippen molar-refractivity contribution in [1.29, 1.82) is 0 Å². The first-order chi connectivity index (χ1) is 8.59. The average molecular weight is 246 g/mol. The summed E-state index contributed by atoms with van der Waals surface area (Å²) in [4.78, 5) is 28.7. The first kappa shape index (κ1) is 11.6. The minimum atomic E-state index is -1.25. The van der Waals surface area contributed by atoms with Gasteiger partial charge in [-0.25, -0.2) is 9.78 Å². The van der Waals surface area contributed by atoms with Crippen LogP contribution in [0.2, 0.25) is 0 Å². The fraction of sp³-hybridized carbons (Fsp3) is 0. The molecule has 0 bridgehead atoms. The van der Waals surface area contributed by atoms with Crippen molar-refractivity contribution in [1.82, 2.24) is 9.97 Å². The molecule has 7 nitrogen and oxygen atoms in total. The highest BCUT2D eigenvalue weighted by molar-refractivity contribution is 6.09. The lowest BCUT2D eigenvalue weighted by Crippen LogP contribution is -2.17. The van der Waals surface area contributed by atoms with Crippen molar-refractivity contribution in [2.45, 2.75) is 0 Å². The van der Waals surface area contributed by atoms with Crippen LogP contribution in [-0.4, -0.2) is 27.0 Å².